The van der Waals surface area contributed by atoms with Crippen molar-refractivity contribution in [1.82, 2.24) is 40.0 Å². The second kappa shape index (κ2) is 7.31. The summed E-state index contributed by atoms with van der Waals surface area (Å²) in [7, 11) is 0. The van der Waals surface area contributed by atoms with Crippen molar-refractivity contribution >= 4 is 11.8 Å². The Morgan fingerprint density at radius 2 is 1.85 bits per heavy atom. The van der Waals surface area contributed by atoms with Gasteiger partial charge in [0.05, 0.1) is 6.04 Å². The van der Waals surface area contributed by atoms with Crippen LogP contribution < -0.4 is 10.6 Å². The zero-order valence-corrected chi connectivity index (χ0v) is 13.7. The van der Waals surface area contributed by atoms with E-state index in [4.69, 9.17) is 0 Å². The summed E-state index contributed by atoms with van der Waals surface area (Å²) in [6.07, 6.45) is 0.375. The molecule has 0 radical (unpaired) electrons. The standard InChI is InChI=1S/C14H12F3N9O/c1-8(11-22-7-23-26(11)12-18-3-2-4-19-12)24-13(27)25-10-5-9(14(15,16)17)20-6-21-10/h2-8H,1H3,(H2,20,21,24,25,27). The van der Waals surface area contributed by atoms with Crippen LogP contribution in [0.5, 0.6) is 0 Å². The van der Waals surface area contributed by atoms with Crippen LogP contribution in [0, 0.1) is 0 Å². The first-order valence-electron chi connectivity index (χ1n) is 7.48. The highest BCUT2D eigenvalue weighted by Gasteiger charge is 2.33. The summed E-state index contributed by atoms with van der Waals surface area (Å²) in [6.45, 7) is 1.62. The number of carbonyl (C=O) groups excluding carboxylic acids is 1. The molecule has 0 aliphatic heterocycles. The maximum Gasteiger partial charge on any atom is 0.433 e. The number of anilines is 1. The van der Waals surface area contributed by atoms with Crippen molar-refractivity contribution in [3.63, 3.8) is 0 Å². The van der Waals surface area contributed by atoms with Crippen molar-refractivity contribution in [3.8, 4) is 5.95 Å². The van der Waals surface area contributed by atoms with E-state index in [-0.39, 0.29) is 11.8 Å². The van der Waals surface area contributed by atoms with E-state index < -0.39 is 23.9 Å². The van der Waals surface area contributed by atoms with E-state index in [1.807, 2.05) is 0 Å². The van der Waals surface area contributed by atoms with Gasteiger partial charge in [-0.25, -0.2) is 29.7 Å². The molecule has 13 heteroatoms. The number of carbonyl (C=O) groups is 1. The van der Waals surface area contributed by atoms with Crippen LogP contribution in [-0.2, 0) is 6.18 Å². The first-order chi connectivity index (χ1) is 12.8. The molecule has 0 saturated heterocycles. The molecule has 1 unspecified atom stereocenters. The first kappa shape index (κ1) is 18.2. The Labute approximate surface area is 149 Å². The normalized spacial score (nSPS) is 12.4. The average Bonchev–Trinajstić information content (AvgIpc) is 3.12. The summed E-state index contributed by atoms with van der Waals surface area (Å²) >= 11 is 0. The van der Waals surface area contributed by atoms with Gasteiger partial charge < -0.3 is 5.32 Å². The second-order valence-electron chi connectivity index (χ2n) is 5.19. The number of amides is 2. The van der Waals surface area contributed by atoms with Gasteiger partial charge in [0.1, 0.15) is 24.2 Å². The van der Waals surface area contributed by atoms with Gasteiger partial charge in [0.2, 0.25) is 0 Å². The lowest BCUT2D eigenvalue weighted by Gasteiger charge is -2.14. The summed E-state index contributed by atoms with van der Waals surface area (Å²) in [5.74, 6) is 0.287. The van der Waals surface area contributed by atoms with Gasteiger partial charge >= 0.3 is 12.2 Å². The zero-order valence-electron chi connectivity index (χ0n) is 13.7. The summed E-state index contributed by atoms with van der Waals surface area (Å²) in [6, 6.07) is 0.828. The Balaban J connectivity index is 1.70. The Kier molecular flexibility index (Phi) is 4.92. The molecule has 10 nitrogen and oxygen atoms in total. The van der Waals surface area contributed by atoms with E-state index in [9.17, 15) is 18.0 Å². The van der Waals surface area contributed by atoms with Gasteiger partial charge in [-0.2, -0.15) is 23.0 Å². The molecule has 3 heterocycles. The number of hydrogen-bond acceptors (Lipinski definition) is 7. The minimum Gasteiger partial charge on any atom is -0.328 e. The molecule has 27 heavy (non-hydrogen) atoms. The van der Waals surface area contributed by atoms with Crippen molar-refractivity contribution in [2.45, 2.75) is 19.1 Å². The Bertz CT molecular complexity index is 929. The third-order valence-electron chi connectivity index (χ3n) is 3.25. The molecule has 140 valence electrons. The van der Waals surface area contributed by atoms with E-state index >= 15 is 0 Å². The van der Waals surface area contributed by atoms with Crippen LogP contribution >= 0.6 is 0 Å². The molecule has 0 aliphatic carbocycles. The number of alkyl halides is 3. The number of rotatable bonds is 4. The van der Waals surface area contributed by atoms with Crippen LogP contribution in [0.25, 0.3) is 5.95 Å². The lowest BCUT2D eigenvalue weighted by molar-refractivity contribution is -0.141. The smallest absolute Gasteiger partial charge is 0.328 e. The highest BCUT2D eigenvalue weighted by molar-refractivity contribution is 5.88. The molecule has 0 spiro atoms. The lowest BCUT2D eigenvalue weighted by atomic mass is 10.3. The molecule has 0 fully saturated rings. The van der Waals surface area contributed by atoms with Crippen LogP contribution in [0.2, 0.25) is 0 Å². The molecule has 0 saturated carbocycles. The van der Waals surface area contributed by atoms with Gasteiger partial charge in [-0.1, -0.05) is 0 Å². The molecule has 0 bridgehead atoms. The third-order valence-corrected chi connectivity index (χ3v) is 3.25. The first-order valence-corrected chi connectivity index (χ1v) is 7.48. The zero-order chi connectivity index (χ0) is 19.4. The number of aromatic nitrogens is 7. The van der Waals surface area contributed by atoms with Crippen LogP contribution in [0.4, 0.5) is 23.8 Å². The van der Waals surface area contributed by atoms with Crippen LogP contribution in [0.1, 0.15) is 24.5 Å². The Morgan fingerprint density at radius 3 is 2.56 bits per heavy atom. The van der Waals surface area contributed by atoms with E-state index in [0.29, 0.717) is 18.2 Å². The van der Waals surface area contributed by atoms with Gasteiger partial charge in [0, 0.05) is 18.5 Å². The van der Waals surface area contributed by atoms with Crippen molar-refractivity contribution in [3.05, 3.63) is 48.7 Å². The molecular weight excluding hydrogens is 367 g/mol. The summed E-state index contributed by atoms with van der Waals surface area (Å²) in [5.41, 5.74) is -1.16. The summed E-state index contributed by atoms with van der Waals surface area (Å²) < 4.78 is 39.3. The van der Waals surface area contributed by atoms with Crippen molar-refractivity contribution in [2.24, 2.45) is 0 Å². The highest BCUT2D eigenvalue weighted by Crippen LogP contribution is 2.28. The fraction of sp³-hybridized carbons (Fsp3) is 0.214. The van der Waals surface area contributed by atoms with Gasteiger partial charge in [-0.05, 0) is 13.0 Å². The number of halogens is 3. The maximum atomic E-state index is 12.7. The number of nitrogens with one attached hydrogen (secondary N) is 2. The van der Waals surface area contributed by atoms with Gasteiger partial charge in [-0.3, -0.25) is 5.32 Å². The van der Waals surface area contributed by atoms with E-state index in [2.05, 4.69) is 40.7 Å². The van der Waals surface area contributed by atoms with Gasteiger partial charge in [0.25, 0.3) is 5.95 Å². The van der Waals surface area contributed by atoms with E-state index in [1.54, 1.807) is 13.0 Å². The summed E-state index contributed by atoms with van der Waals surface area (Å²) in [4.78, 5) is 30.9. The highest BCUT2D eigenvalue weighted by atomic mass is 19.4. The SMILES string of the molecule is CC(NC(=O)Nc1cc(C(F)(F)F)ncn1)c1ncnn1-c1ncccn1. The van der Waals surface area contributed by atoms with Crippen molar-refractivity contribution < 1.29 is 18.0 Å². The number of urea groups is 1. The second-order valence-corrected chi connectivity index (χ2v) is 5.19. The predicted octanol–water partition coefficient (Wildman–Crippen LogP) is 1.75. The van der Waals surface area contributed by atoms with Crippen LogP contribution in [0.3, 0.4) is 0 Å². The largest absolute Gasteiger partial charge is 0.433 e. The fourth-order valence-electron chi connectivity index (χ4n) is 2.09. The molecule has 3 aromatic heterocycles. The third kappa shape index (κ3) is 4.31. The molecule has 0 aliphatic rings. The molecule has 3 rings (SSSR count). The maximum absolute atomic E-state index is 12.7. The van der Waals surface area contributed by atoms with Gasteiger partial charge in [-0.15, -0.1) is 0 Å². The molecule has 0 aromatic carbocycles. The molecular formula is C14H12F3N9O. The number of hydrogen-bond donors (Lipinski definition) is 2. The fourth-order valence-corrected chi connectivity index (χ4v) is 2.09. The van der Waals surface area contributed by atoms with E-state index in [1.165, 1.54) is 23.4 Å². The number of nitrogens with zero attached hydrogens (tertiary/aromatic N) is 7. The molecule has 2 amide bonds. The molecule has 1 atom stereocenters. The Hall–Kier alpha value is -3.64. The van der Waals surface area contributed by atoms with Crippen molar-refractivity contribution in [2.75, 3.05) is 5.32 Å². The monoisotopic (exact) mass is 379 g/mol. The topological polar surface area (TPSA) is 123 Å². The van der Waals surface area contributed by atoms with Crippen LogP contribution in [0.15, 0.2) is 37.2 Å². The molecule has 3 aromatic rings. The minimum absolute atomic E-state index is 0.254. The quantitative estimate of drug-likeness (QED) is 0.708. The van der Waals surface area contributed by atoms with Crippen LogP contribution in [-0.4, -0.2) is 40.7 Å². The average molecular weight is 379 g/mol. The predicted molar refractivity (Wildman–Crippen MR) is 84.6 cm³/mol. The molecule has 2 N–H and O–H groups in total. The Morgan fingerprint density at radius 1 is 1.11 bits per heavy atom. The lowest BCUT2D eigenvalue weighted by Crippen LogP contribution is -2.33. The van der Waals surface area contributed by atoms with Crippen molar-refractivity contribution in [1.29, 1.82) is 0 Å². The summed E-state index contributed by atoms with van der Waals surface area (Å²) in [5, 5.41) is 8.75. The minimum atomic E-state index is -4.64. The van der Waals surface area contributed by atoms with Gasteiger partial charge in [0.15, 0.2) is 5.82 Å². The van der Waals surface area contributed by atoms with E-state index in [0.717, 1.165) is 0 Å².